The number of phenols is 1. The summed E-state index contributed by atoms with van der Waals surface area (Å²) in [4.78, 5) is 11.6. The van der Waals surface area contributed by atoms with Crippen LogP contribution in [0.15, 0.2) is 24.3 Å². The van der Waals surface area contributed by atoms with Crippen molar-refractivity contribution in [1.82, 2.24) is 5.32 Å². The molecular formula is C11H14N2O4S. The molecule has 2 rings (SSSR count). The van der Waals surface area contributed by atoms with Crippen LogP contribution in [0.4, 0.5) is 10.5 Å². The van der Waals surface area contributed by atoms with E-state index in [4.69, 9.17) is 0 Å². The van der Waals surface area contributed by atoms with Crippen molar-refractivity contribution in [1.29, 1.82) is 0 Å². The average molecular weight is 270 g/mol. The summed E-state index contributed by atoms with van der Waals surface area (Å²) in [7, 11) is -3.01. The molecule has 98 valence electrons. The molecule has 1 aromatic carbocycles. The number of amides is 2. The number of rotatable bonds is 2. The van der Waals surface area contributed by atoms with Crippen molar-refractivity contribution < 1.29 is 18.3 Å². The van der Waals surface area contributed by atoms with Gasteiger partial charge in [-0.25, -0.2) is 13.2 Å². The van der Waals surface area contributed by atoms with Gasteiger partial charge in [0, 0.05) is 6.04 Å². The molecule has 0 aliphatic carbocycles. The molecule has 1 atom stereocenters. The summed E-state index contributed by atoms with van der Waals surface area (Å²) >= 11 is 0. The number of sulfone groups is 1. The Hall–Kier alpha value is -1.76. The highest BCUT2D eigenvalue weighted by Gasteiger charge is 2.28. The van der Waals surface area contributed by atoms with E-state index in [-0.39, 0.29) is 29.0 Å². The Bertz CT molecular complexity index is 556. The van der Waals surface area contributed by atoms with Gasteiger partial charge in [0.2, 0.25) is 0 Å². The minimum Gasteiger partial charge on any atom is -0.506 e. The number of aromatic hydroxyl groups is 1. The Morgan fingerprint density at radius 3 is 2.67 bits per heavy atom. The van der Waals surface area contributed by atoms with E-state index in [2.05, 4.69) is 10.6 Å². The fraction of sp³-hybridized carbons (Fsp3) is 0.364. The summed E-state index contributed by atoms with van der Waals surface area (Å²) in [5.41, 5.74) is 0.288. The van der Waals surface area contributed by atoms with Crippen molar-refractivity contribution in [2.45, 2.75) is 12.5 Å². The normalized spacial score (nSPS) is 21.4. The van der Waals surface area contributed by atoms with Gasteiger partial charge >= 0.3 is 6.03 Å². The van der Waals surface area contributed by atoms with Crippen LogP contribution in [-0.2, 0) is 9.84 Å². The van der Waals surface area contributed by atoms with Gasteiger partial charge in [-0.1, -0.05) is 12.1 Å². The molecule has 7 heteroatoms. The number of hydrogen-bond acceptors (Lipinski definition) is 4. The maximum absolute atomic E-state index is 11.6. The molecule has 0 radical (unpaired) electrons. The molecule has 1 aliphatic heterocycles. The molecule has 1 unspecified atom stereocenters. The highest BCUT2D eigenvalue weighted by Crippen LogP contribution is 2.21. The molecule has 0 bridgehead atoms. The van der Waals surface area contributed by atoms with E-state index in [9.17, 15) is 18.3 Å². The van der Waals surface area contributed by atoms with Crippen LogP contribution in [0.25, 0.3) is 0 Å². The second kappa shape index (κ2) is 4.85. The number of anilines is 1. The van der Waals surface area contributed by atoms with Crippen LogP contribution in [0.5, 0.6) is 5.75 Å². The molecule has 1 saturated heterocycles. The van der Waals surface area contributed by atoms with Crippen LogP contribution in [-0.4, -0.2) is 37.1 Å². The molecule has 3 N–H and O–H groups in total. The number of hydrogen-bond donors (Lipinski definition) is 3. The van der Waals surface area contributed by atoms with E-state index in [0.29, 0.717) is 6.42 Å². The van der Waals surface area contributed by atoms with Crippen molar-refractivity contribution in [3.05, 3.63) is 24.3 Å². The number of carbonyl (C=O) groups is 1. The van der Waals surface area contributed by atoms with Gasteiger partial charge in [0.15, 0.2) is 9.84 Å². The number of benzene rings is 1. The van der Waals surface area contributed by atoms with Crippen molar-refractivity contribution in [2.75, 3.05) is 16.8 Å². The fourth-order valence-corrected chi connectivity index (χ4v) is 3.51. The molecule has 1 aliphatic rings. The zero-order valence-corrected chi connectivity index (χ0v) is 10.4. The highest BCUT2D eigenvalue weighted by molar-refractivity contribution is 7.91. The summed E-state index contributed by atoms with van der Waals surface area (Å²) in [5.74, 6) is 0.0436. The van der Waals surface area contributed by atoms with Gasteiger partial charge in [0.1, 0.15) is 5.75 Å². The third-order valence-corrected chi connectivity index (χ3v) is 4.49. The average Bonchev–Trinajstić information content (AvgIpc) is 2.61. The van der Waals surface area contributed by atoms with Crippen LogP contribution < -0.4 is 10.6 Å². The van der Waals surface area contributed by atoms with Gasteiger partial charge in [0.25, 0.3) is 0 Å². The Kier molecular flexibility index (Phi) is 3.42. The molecular weight excluding hydrogens is 256 g/mol. The number of nitrogens with one attached hydrogen (secondary N) is 2. The van der Waals surface area contributed by atoms with Gasteiger partial charge in [-0.15, -0.1) is 0 Å². The SMILES string of the molecule is O=C(Nc1ccccc1O)NC1CCS(=O)(=O)C1. The van der Waals surface area contributed by atoms with Gasteiger partial charge in [-0.2, -0.15) is 0 Å². The number of urea groups is 1. The first kappa shape index (κ1) is 12.7. The zero-order valence-electron chi connectivity index (χ0n) is 9.59. The lowest BCUT2D eigenvalue weighted by molar-refractivity contribution is 0.249. The second-order valence-corrected chi connectivity index (χ2v) is 6.44. The first-order chi connectivity index (χ1) is 8.46. The summed E-state index contributed by atoms with van der Waals surface area (Å²) in [6.07, 6.45) is 0.427. The van der Waals surface area contributed by atoms with Crippen molar-refractivity contribution in [2.24, 2.45) is 0 Å². The molecule has 1 aromatic rings. The number of carbonyl (C=O) groups excluding carboxylic acids is 1. The lowest BCUT2D eigenvalue weighted by Crippen LogP contribution is -2.38. The predicted octanol–water partition coefficient (Wildman–Crippen LogP) is 0.701. The molecule has 0 spiro atoms. The number of phenolic OH excluding ortho intramolecular Hbond substituents is 1. The summed E-state index contributed by atoms with van der Waals surface area (Å²) < 4.78 is 22.4. The molecule has 6 nitrogen and oxygen atoms in total. The predicted molar refractivity (Wildman–Crippen MR) is 67.3 cm³/mol. The van der Waals surface area contributed by atoms with Gasteiger partial charge in [-0.05, 0) is 18.6 Å². The summed E-state index contributed by atoms with van der Waals surface area (Å²) in [5, 5.41) is 14.5. The topological polar surface area (TPSA) is 95.5 Å². The molecule has 1 fully saturated rings. The van der Waals surface area contributed by atoms with E-state index in [1.54, 1.807) is 18.2 Å². The molecule has 0 aromatic heterocycles. The van der Waals surface area contributed by atoms with Gasteiger partial charge < -0.3 is 15.7 Å². The number of para-hydroxylation sites is 2. The largest absolute Gasteiger partial charge is 0.506 e. The summed E-state index contributed by atoms with van der Waals surface area (Å²) in [6, 6.07) is 5.45. The smallest absolute Gasteiger partial charge is 0.319 e. The minimum absolute atomic E-state index is 0.0266. The third kappa shape index (κ3) is 3.13. The molecule has 2 amide bonds. The van der Waals surface area contributed by atoms with E-state index in [0.717, 1.165) is 0 Å². The van der Waals surface area contributed by atoms with E-state index < -0.39 is 15.9 Å². The minimum atomic E-state index is -3.01. The van der Waals surface area contributed by atoms with Gasteiger partial charge in [0.05, 0.1) is 17.2 Å². The van der Waals surface area contributed by atoms with Crippen LogP contribution in [0.1, 0.15) is 6.42 Å². The Morgan fingerprint density at radius 1 is 1.33 bits per heavy atom. The Morgan fingerprint density at radius 2 is 2.06 bits per heavy atom. The Balaban J connectivity index is 1.92. The summed E-state index contributed by atoms with van der Waals surface area (Å²) in [6.45, 7) is 0. The molecule has 18 heavy (non-hydrogen) atoms. The highest BCUT2D eigenvalue weighted by atomic mass is 32.2. The zero-order chi connectivity index (χ0) is 13.2. The maximum Gasteiger partial charge on any atom is 0.319 e. The van der Waals surface area contributed by atoms with E-state index >= 15 is 0 Å². The first-order valence-electron chi connectivity index (χ1n) is 5.52. The van der Waals surface area contributed by atoms with Crippen molar-refractivity contribution in [3.63, 3.8) is 0 Å². The standard InChI is InChI=1S/C11H14N2O4S/c14-10-4-2-1-3-9(10)13-11(15)12-8-5-6-18(16,17)7-8/h1-4,8,14H,5-7H2,(H2,12,13,15). The quantitative estimate of drug-likeness (QED) is 0.689. The van der Waals surface area contributed by atoms with Crippen LogP contribution >= 0.6 is 0 Å². The molecule has 1 heterocycles. The second-order valence-electron chi connectivity index (χ2n) is 4.22. The van der Waals surface area contributed by atoms with Crippen molar-refractivity contribution >= 4 is 21.6 Å². The lowest BCUT2D eigenvalue weighted by Gasteiger charge is -2.12. The van der Waals surface area contributed by atoms with Crippen LogP contribution in [0.3, 0.4) is 0 Å². The maximum atomic E-state index is 11.6. The van der Waals surface area contributed by atoms with Gasteiger partial charge in [-0.3, -0.25) is 0 Å². The lowest BCUT2D eigenvalue weighted by atomic mass is 10.2. The molecule has 0 saturated carbocycles. The third-order valence-electron chi connectivity index (χ3n) is 2.72. The van der Waals surface area contributed by atoms with Crippen molar-refractivity contribution in [3.8, 4) is 5.75 Å². The van der Waals surface area contributed by atoms with E-state index in [1.807, 2.05) is 0 Å². The fourth-order valence-electron chi connectivity index (χ4n) is 1.83. The Labute approximate surface area is 105 Å². The first-order valence-corrected chi connectivity index (χ1v) is 7.34. The van der Waals surface area contributed by atoms with Crippen LogP contribution in [0, 0.1) is 0 Å². The van der Waals surface area contributed by atoms with E-state index in [1.165, 1.54) is 6.07 Å². The van der Waals surface area contributed by atoms with Crippen LogP contribution in [0.2, 0.25) is 0 Å². The monoisotopic (exact) mass is 270 g/mol.